The van der Waals surface area contributed by atoms with Crippen LogP contribution >= 0.6 is 11.8 Å². The normalized spacial score (nSPS) is 12.0. The second-order valence-corrected chi connectivity index (χ2v) is 12.4. The Hall–Kier alpha value is -5.14. The molecule has 7 heteroatoms. The van der Waals surface area contributed by atoms with Crippen molar-refractivity contribution in [3.8, 4) is 0 Å². The molecule has 0 saturated heterocycles. The van der Waals surface area contributed by atoms with Gasteiger partial charge >= 0.3 is 0 Å². The lowest BCUT2D eigenvalue weighted by Gasteiger charge is -2.15. The van der Waals surface area contributed by atoms with Gasteiger partial charge in [-0.3, -0.25) is 14.4 Å². The van der Waals surface area contributed by atoms with Gasteiger partial charge < -0.3 is 16.0 Å². The first-order valence-electron chi connectivity index (χ1n) is 14.8. The van der Waals surface area contributed by atoms with Crippen LogP contribution in [0, 0.1) is 0 Å². The maximum atomic E-state index is 13.5. The van der Waals surface area contributed by atoms with E-state index in [1.807, 2.05) is 97.9 Å². The second kappa shape index (κ2) is 14.6. The maximum absolute atomic E-state index is 13.5. The summed E-state index contributed by atoms with van der Waals surface area (Å²) in [7, 11) is 0. The molecule has 0 heterocycles. The number of amides is 3. The lowest BCUT2D eigenvalue weighted by Crippen LogP contribution is -2.30. The van der Waals surface area contributed by atoms with E-state index in [-0.39, 0.29) is 17.5 Å². The van der Waals surface area contributed by atoms with Crippen LogP contribution in [0.3, 0.4) is 0 Å². The van der Waals surface area contributed by atoms with Gasteiger partial charge in [-0.25, -0.2) is 0 Å². The van der Waals surface area contributed by atoms with Gasteiger partial charge in [-0.1, -0.05) is 98.8 Å². The molecule has 0 aromatic heterocycles. The number of hydrogen-bond acceptors (Lipinski definition) is 4. The highest BCUT2D eigenvalue weighted by atomic mass is 32.2. The predicted octanol–water partition coefficient (Wildman–Crippen LogP) is 8.49. The molecule has 3 N–H and O–H groups in total. The molecule has 3 amide bonds. The van der Waals surface area contributed by atoms with Crippen LogP contribution in [0.2, 0.25) is 0 Å². The molecule has 5 aromatic rings. The van der Waals surface area contributed by atoms with Crippen LogP contribution < -0.4 is 16.0 Å². The third kappa shape index (κ3) is 8.28. The lowest BCUT2D eigenvalue weighted by atomic mass is 10.0. The standard InChI is InChI=1S/C38H35N3O3S/c1-25(2)28-21-19-27(20-22-28)23-35(41-37(43)30-12-5-4-6-13-30)38(44)39-31-15-10-16-32(24-31)45-26(3)36(42)40-34-18-9-14-29-11-7-8-17-33(29)34/h4-26H,1-3H3,(H,39,44)(H,40,42)(H,41,43)/b35-23+. The summed E-state index contributed by atoms with van der Waals surface area (Å²) in [4.78, 5) is 40.5. The molecule has 5 aromatic carbocycles. The molecule has 0 bridgehead atoms. The molecule has 226 valence electrons. The van der Waals surface area contributed by atoms with Crippen molar-refractivity contribution < 1.29 is 14.4 Å². The lowest BCUT2D eigenvalue weighted by molar-refractivity contribution is -0.115. The fourth-order valence-corrected chi connectivity index (χ4v) is 5.68. The summed E-state index contributed by atoms with van der Waals surface area (Å²) in [6.07, 6.45) is 1.67. The SMILES string of the molecule is CC(Sc1cccc(NC(=O)/C(=C\c2ccc(C(C)C)cc2)NC(=O)c2ccccc2)c1)C(=O)Nc1cccc2ccccc12. The van der Waals surface area contributed by atoms with E-state index in [1.54, 1.807) is 36.4 Å². The zero-order chi connectivity index (χ0) is 31.8. The summed E-state index contributed by atoms with van der Waals surface area (Å²) in [5.74, 6) is -0.592. The van der Waals surface area contributed by atoms with Crippen LogP contribution in [0.4, 0.5) is 11.4 Å². The van der Waals surface area contributed by atoms with Gasteiger partial charge in [-0.15, -0.1) is 11.8 Å². The Kier molecular flexibility index (Phi) is 10.1. The van der Waals surface area contributed by atoms with E-state index in [1.165, 1.54) is 17.3 Å². The van der Waals surface area contributed by atoms with E-state index >= 15 is 0 Å². The molecule has 0 aliphatic carbocycles. The van der Waals surface area contributed by atoms with Crippen molar-refractivity contribution in [1.29, 1.82) is 0 Å². The highest BCUT2D eigenvalue weighted by Crippen LogP contribution is 2.29. The second-order valence-electron chi connectivity index (χ2n) is 11.0. The minimum absolute atomic E-state index is 0.113. The fourth-order valence-electron chi connectivity index (χ4n) is 4.76. The first-order valence-corrected chi connectivity index (χ1v) is 15.7. The minimum atomic E-state index is -0.462. The van der Waals surface area contributed by atoms with Crippen molar-refractivity contribution in [3.63, 3.8) is 0 Å². The van der Waals surface area contributed by atoms with Crippen molar-refractivity contribution in [2.75, 3.05) is 10.6 Å². The molecule has 0 fully saturated rings. The topological polar surface area (TPSA) is 87.3 Å². The molecule has 5 rings (SSSR count). The van der Waals surface area contributed by atoms with Gasteiger partial charge in [0.25, 0.3) is 11.8 Å². The molecule has 0 saturated carbocycles. The molecule has 45 heavy (non-hydrogen) atoms. The molecule has 0 aliphatic rings. The number of rotatable bonds is 10. The Morgan fingerprint density at radius 2 is 1.40 bits per heavy atom. The number of thioether (sulfide) groups is 1. The first-order chi connectivity index (χ1) is 21.8. The highest BCUT2D eigenvalue weighted by Gasteiger charge is 2.18. The predicted molar refractivity (Wildman–Crippen MR) is 185 cm³/mol. The van der Waals surface area contributed by atoms with Crippen molar-refractivity contribution in [2.45, 2.75) is 36.8 Å². The van der Waals surface area contributed by atoms with Gasteiger partial charge in [0, 0.05) is 27.2 Å². The molecule has 0 spiro atoms. The number of nitrogens with one attached hydrogen (secondary N) is 3. The number of anilines is 2. The number of carbonyl (C=O) groups is 3. The Morgan fingerprint density at radius 1 is 0.711 bits per heavy atom. The molecule has 0 aliphatic heterocycles. The smallest absolute Gasteiger partial charge is 0.272 e. The van der Waals surface area contributed by atoms with E-state index in [4.69, 9.17) is 0 Å². The van der Waals surface area contributed by atoms with Gasteiger partial charge in [0.1, 0.15) is 5.70 Å². The van der Waals surface area contributed by atoms with Crippen molar-refractivity contribution in [3.05, 3.63) is 144 Å². The van der Waals surface area contributed by atoms with Gasteiger partial charge in [-0.2, -0.15) is 0 Å². The number of benzene rings is 5. The summed E-state index contributed by atoms with van der Waals surface area (Å²) in [5.41, 5.74) is 3.83. The molecular weight excluding hydrogens is 579 g/mol. The zero-order valence-electron chi connectivity index (χ0n) is 25.4. The summed E-state index contributed by atoms with van der Waals surface area (Å²) < 4.78 is 0. The van der Waals surface area contributed by atoms with Crippen molar-refractivity contribution in [2.24, 2.45) is 0 Å². The molecule has 6 nitrogen and oxygen atoms in total. The molecular formula is C38H35N3O3S. The van der Waals surface area contributed by atoms with E-state index < -0.39 is 11.2 Å². The van der Waals surface area contributed by atoms with Crippen LogP contribution in [-0.2, 0) is 9.59 Å². The molecule has 0 radical (unpaired) electrons. The quantitative estimate of drug-likeness (QED) is 0.109. The summed E-state index contributed by atoms with van der Waals surface area (Å²) >= 11 is 1.39. The third-order valence-electron chi connectivity index (χ3n) is 7.26. The fraction of sp³-hybridized carbons (Fsp3) is 0.132. The number of carbonyl (C=O) groups excluding carboxylic acids is 3. The Labute approximate surface area is 268 Å². The van der Waals surface area contributed by atoms with Crippen molar-refractivity contribution >= 4 is 57.7 Å². The Bertz CT molecular complexity index is 1840. The van der Waals surface area contributed by atoms with Crippen LogP contribution in [0.25, 0.3) is 16.8 Å². The summed E-state index contributed by atoms with van der Waals surface area (Å²) in [6, 6.07) is 37.7. The van der Waals surface area contributed by atoms with Crippen LogP contribution in [0.15, 0.2) is 132 Å². The first kappa shape index (κ1) is 31.3. The van der Waals surface area contributed by atoms with Crippen LogP contribution in [0.5, 0.6) is 0 Å². The third-order valence-corrected chi connectivity index (χ3v) is 8.36. The highest BCUT2D eigenvalue weighted by molar-refractivity contribution is 8.00. The van der Waals surface area contributed by atoms with E-state index in [0.29, 0.717) is 17.2 Å². The van der Waals surface area contributed by atoms with Crippen LogP contribution in [-0.4, -0.2) is 23.0 Å². The average Bonchev–Trinajstić information content (AvgIpc) is 3.05. The van der Waals surface area contributed by atoms with Gasteiger partial charge in [0.15, 0.2) is 0 Å². The van der Waals surface area contributed by atoms with E-state index in [2.05, 4.69) is 29.8 Å². The Morgan fingerprint density at radius 3 is 2.16 bits per heavy atom. The van der Waals surface area contributed by atoms with Gasteiger partial charge in [0.05, 0.1) is 5.25 Å². The van der Waals surface area contributed by atoms with Gasteiger partial charge in [0.2, 0.25) is 5.91 Å². The maximum Gasteiger partial charge on any atom is 0.272 e. The molecule has 1 atom stereocenters. The monoisotopic (exact) mass is 613 g/mol. The largest absolute Gasteiger partial charge is 0.325 e. The Balaban J connectivity index is 1.30. The minimum Gasteiger partial charge on any atom is -0.325 e. The number of fused-ring (bicyclic) bond motifs is 1. The van der Waals surface area contributed by atoms with E-state index in [9.17, 15) is 14.4 Å². The number of hydrogen-bond donors (Lipinski definition) is 3. The van der Waals surface area contributed by atoms with Crippen molar-refractivity contribution in [1.82, 2.24) is 5.32 Å². The summed E-state index contributed by atoms with van der Waals surface area (Å²) in [6.45, 7) is 6.09. The zero-order valence-corrected chi connectivity index (χ0v) is 26.2. The summed E-state index contributed by atoms with van der Waals surface area (Å²) in [5, 5.41) is 10.4. The molecule has 1 unspecified atom stereocenters. The average molecular weight is 614 g/mol. The van der Waals surface area contributed by atoms with E-state index in [0.717, 1.165) is 26.9 Å². The van der Waals surface area contributed by atoms with Gasteiger partial charge in [-0.05, 0) is 71.8 Å². The van der Waals surface area contributed by atoms with Crippen LogP contribution in [0.1, 0.15) is 48.2 Å².